The number of Topliss-reactive ketones (excluding diaryl/α,β-unsaturated/α-hetero) is 1. The summed E-state index contributed by atoms with van der Waals surface area (Å²) in [6.07, 6.45) is 4.98. The summed E-state index contributed by atoms with van der Waals surface area (Å²) in [5.41, 5.74) is 0. The number of carbonyl (C=O) groups is 1. The van der Waals surface area contributed by atoms with Gasteiger partial charge in [-0.15, -0.1) is 0 Å². The topological polar surface area (TPSA) is 37.3 Å². The molecule has 0 aromatic rings. The maximum atomic E-state index is 11.2. The Morgan fingerprint density at radius 3 is 2.80 bits per heavy atom. The lowest BCUT2D eigenvalue weighted by Gasteiger charge is -2.12. The number of fused-ring (bicyclic) bond motifs is 2. The van der Waals surface area contributed by atoms with Gasteiger partial charge < -0.3 is 5.11 Å². The van der Waals surface area contributed by atoms with E-state index in [0.29, 0.717) is 5.92 Å². The minimum atomic E-state index is -0.0741. The molecule has 0 saturated heterocycles. The van der Waals surface area contributed by atoms with Gasteiger partial charge in [-0.25, -0.2) is 0 Å². The molecule has 0 heterocycles. The van der Waals surface area contributed by atoms with Gasteiger partial charge in [0.25, 0.3) is 0 Å². The first kappa shape index (κ1) is 6.10. The molecule has 2 heteroatoms. The van der Waals surface area contributed by atoms with Crippen LogP contribution in [0.4, 0.5) is 0 Å². The predicted molar refractivity (Wildman–Crippen MR) is 36.3 cm³/mol. The van der Waals surface area contributed by atoms with Gasteiger partial charge >= 0.3 is 0 Å². The molecule has 2 bridgehead atoms. The molecule has 0 aromatic heterocycles. The summed E-state index contributed by atoms with van der Waals surface area (Å²) in [6, 6.07) is 0. The number of allylic oxidation sites excluding steroid dienone is 2. The van der Waals surface area contributed by atoms with Gasteiger partial charge in [-0.1, -0.05) is 12.2 Å². The van der Waals surface area contributed by atoms with Crippen LogP contribution in [0, 0.1) is 17.8 Å². The Labute approximate surface area is 59.5 Å². The van der Waals surface area contributed by atoms with Crippen LogP contribution in [-0.4, -0.2) is 17.5 Å². The van der Waals surface area contributed by atoms with E-state index in [1.54, 1.807) is 0 Å². The van der Waals surface area contributed by atoms with Gasteiger partial charge in [-0.2, -0.15) is 0 Å². The van der Waals surface area contributed by atoms with Gasteiger partial charge in [0.15, 0.2) is 0 Å². The number of aliphatic hydroxyl groups is 1. The molecule has 10 heavy (non-hydrogen) atoms. The van der Waals surface area contributed by atoms with Crippen molar-refractivity contribution in [1.29, 1.82) is 0 Å². The highest BCUT2D eigenvalue weighted by Gasteiger charge is 2.42. The average molecular weight is 138 g/mol. The van der Waals surface area contributed by atoms with Crippen LogP contribution in [0.15, 0.2) is 12.2 Å². The second kappa shape index (κ2) is 1.92. The van der Waals surface area contributed by atoms with E-state index in [2.05, 4.69) is 6.08 Å². The predicted octanol–water partition coefficient (Wildman–Crippen LogP) is 0.370. The molecule has 0 unspecified atom stereocenters. The number of hydrogen-bond acceptors (Lipinski definition) is 2. The SMILES string of the molecule is O=C1[C@@H]2C=C[C@@H](C2)[C@@H]1CO. The van der Waals surface area contributed by atoms with Crippen molar-refractivity contribution in [2.75, 3.05) is 6.61 Å². The second-order valence-electron chi connectivity index (χ2n) is 3.08. The molecule has 1 fully saturated rings. The van der Waals surface area contributed by atoms with Crippen LogP contribution in [0.5, 0.6) is 0 Å². The number of aliphatic hydroxyl groups excluding tert-OH is 1. The van der Waals surface area contributed by atoms with Crippen molar-refractivity contribution in [3.8, 4) is 0 Å². The maximum Gasteiger partial charge on any atom is 0.145 e. The highest BCUT2D eigenvalue weighted by atomic mass is 16.3. The van der Waals surface area contributed by atoms with Crippen molar-refractivity contribution in [3.63, 3.8) is 0 Å². The van der Waals surface area contributed by atoms with Crippen LogP contribution in [0.25, 0.3) is 0 Å². The molecule has 0 radical (unpaired) electrons. The minimum absolute atomic E-state index is 0.0321. The highest BCUT2D eigenvalue weighted by Crippen LogP contribution is 2.40. The third-order valence-electron chi connectivity index (χ3n) is 2.56. The molecule has 3 atom stereocenters. The molecule has 54 valence electrons. The van der Waals surface area contributed by atoms with Gasteiger partial charge in [0.1, 0.15) is 5.78 Å². The zero-order valence-electron chi connectivity index (χ0n) is 5.66. The molecule has 1 saturated carbocycles. The molecule has 1 N–H and O–H groups in total. The summed E-state index contributed by atoms with van der Waals surface area (Å²) in [6.45, 7) is 0.0321. The first-order chi connectivity index (χ1) is 4.83. The Morgan fingerprint density at radius 1 is 1.60 bits per heavy atom. The van der Waals surface area contributed by atoms with E-state index in [9.17, 15) is 4.79 Å². The Bertz CT molecular complexity index is 195. The van der Waals surface area contributed by atoms with Crippen LogP contribution < -0.4 is 0 Å². The van der Waals surface area contributed by atoms with Crippen molar-refractivity contribution in [2.45, 2.75) is 6.42 Å². The highest BCUT2D eigenvalue weighted by molar-refractivity contribution is 5.89. The van der Waals surface area contributed by atoms with E-state index in [1.807, 2.05) is 6.08 Å². The number of carbonyl (C=O) groups excluding carboxylic acids is 1. The van der Waals surface area contributed by atoms with Crippen LogP contribution >= 0.6 is 0 Å². The second-order valence-corrected chi connectivity index (χ2v) is 3.08. The number of rotatable bonds is 1. The van der Waals surface area contributed by atoms with E-state index >= 15 is 0 Å². The van der Waals surface area contributed by atoms with Gasteiger partial charge in [0.2, 0.25) is 0 Å². The summed E-state index contributed by atoms with van der Waals surface area (Å²) in [5, 5.41) is 8.80. The van der Waals surface area contributed by atoms with E-state index < -0.39 is 0 Å². The third kappa shape index (κ3) is 0.598. The molecule has 0 aromatic carbocycles. The van der Waals surface area contributed by atoms with Gasteiger partial charge in [-0.3, -0.25) is 4.79 Å². The Balaban J connectivity index is 2.26. The summed E-state index contributed by atoms with van der Waals surface area (Å²) < 4.78 is 0. The molecule has 0 amide bonds. The Morgan fingerprint density at radius 2 is 2.40 bits per heavy atom. The smallest absolute Gasteiger partial charge is 0.145 e. The lowest BCUT2D eigenvalue weighted by molar-refractivity contribution is -0.124. The van der Waals surface area contributed by atoms with Crippen molar-refractivity contribution in [3.05, 3.63) is 12.2 Å². The van der Waals surface area contributed by atoms with Gasteiger partial charge in [0, 0.05) is 11.8 Å². The number of hydrogen-bond donors (Lipinski definition) is 1. The average Bonchev–Trinajstić information content (AvgIpc) is 2.46. The molecular formula is C8H10O2. The monoisotopic (exact) mass is 138 g/mol. The lowest BCUT2D eigenvalue weighted by Crippen LogP contribution is -2.22. The van der Waals surface area contributed by atoms with Crippen LogP contribution in [0.1, 0.15) is 6.42 Å². The van der Waals surface area contributed by atoms with Gasteiger partial charge in [-0.05, 0) is 12.3 Å². The molecule has 2 rings (SSSR count). The fourth-order valence-electron chi connectivity index (χ4n) is 1.95. The first-order valence-electron chi connectivity index (χ1n) is 3.66. The summed E-state index contributed by atoms with van der Waals surface area (Å²) >= 11 is 0. The first-order valence-corrected chi connectivity index (χ1v) is 3.66. The fraction of sp³-hybridized carbons (Fsp3) is 0.625. The fourth-order valence-corrected chi connectivity index (χ4v) is 1.95. The van der Waals surface area contributed by atoms with E-state index in [0.717, 1.165) is 6.42 Å². The van der Waals surface area contributed by atoms with Crippen LogP contribution in [0.2, 0.25) is 0 Å². The van der Waals surface area contributed by atoms with Crippen molar-refractivity contribution in [1.82, 2.24) is 0 Å². The van der Waals surface area contributed by atoms with Crippen LogP contribution in [-0.2, 0) is 4.79 Å². The van der Waals surface area contributed by atoms with E-state index in [1.165, 1.54) is 0 Å². The number of ketones is 1. The van der Waals surface area contributed by atoms with Crippen molar-refractivity contribution < 1.29 is 9.90 Å². The summed E-state index contributed by atoms with van der Waals surface area (Å²) in [5.74, 6) is 0.662. The summed E-state index contributed by atoms with van der Waals surface area (Å²) in [7, 11) is 0. The zero-order valence-corrected chi connectivity index (χ0v) is 5.66. The molecule has 2 nitrogen and oxygen atoms in total. The molecule has 0 aliphatic heterocycles. The third-order valence-corrected chi connectivity index (χ3v) is 2.56. The van der Waals surface area contributed by atoms with E-state index in [4.69, 9.17) is 5.11 Å². The summed E-state index contributed by atoms with van der Waals surface area (Å²) in [4.78, 5) is 11.2. The molecule has 2 aliphatic rings. The maximum absolute atomic E-state index is 11.2. The van der Waals surface area contributed by atoms with Crippen LogP contribution in [0.3, 0.4) is 0 Å². The normalized spacial score (nSPS) is 43.3. The molecular weight excluding hydrogens is 128 g/mol. The Kier molecular flexibility index (Phi) is 1.17. The molecule has 2 aliphatic carbocycles. The van der Waals surface area contributed by atoms with Crippen molar-refractivity contribution >= 4 is 5.78 Å². The van der Waals surface area contributed by atoms with E-state index in [-0.39, 0.29) is 24.2 Å². The molecule has 0 spiro atoms. The standard InChI is InChI=1S/C8H10O2/c9-4-7-5-1-2-6(3-5)8(7)10/h1-2,5-7,9H,3-4H2/t5-,6+,7-/m0/s1. The van der Waals surface area contributed by atoms with Gasteiger partial charge in [0.05, 0.1) is 6.61 Å². The largest absolute Gasteiger partial charge is 0.396 e. The van der Waals surface area contributed by atoms with Crippen molar-refractivity contribution in [2.24, 2.45) is 17.8 Å². The quantitative estimate of drug-likeness (QED) is 0.531. The Hall–Kier alpha value is -0.630. The lowest BCUT2D eigenvalue weighted by atomic mass is 9.93. The minimum Gasteiger partial charge on any atom is -0.396 e. The zero-order chi connectivity index (χ0) is 7.14.